The molecule has 0 amide bonds. The molecule has 0 aliphatic carbocycles. The zero-order valence-electron chi connectivity index (χ0n) is 17.8. The first-order valence-electron chi connectivity index (χ1n) is 10.1. The van der Waals surface area contributed by atoms with Gasteiger partial charge >= 0.3 is 0 Å². The topological polar surface area (TPSA) is 58.1 Å². The van der Waals surface area contributed by atoms with Crippen molar-refractivity contribution in [2.45, 2.75) is 39.7 Å². The number of hydrogen-bond donors (Lipinski definition) is 2. The fraction of sp³-hybridized carbons (Fsp3) is 0.667. The highest BCUT2D eigenvalue weighted by atomic mass is 127. The Balaban J connectivity index is 0.00000392. The third-order valence-corrected chi connectivity index (χ3v) is 5.03. The number of aliphatic imine (C=N–C) groups is 1. The first-order valence-corrected chi connectivity index (χ1v) is 10.1. The predicted molar refractivity (Wildman–Crippen MR) is 127 cm³/mol. The van der Waals surface area contributed by atoms with Gasteiger partial charge in [0, 0.05) is 20.1 Å². The average Bonchev–Trinajstić information content (AvgIpc) is 2.69. The van der Waals surface area contributed by atoms with Crippen LogP contribution in [0.3, 0.4) is 0 Å². The van der Waals surface area contributed by atoms with Gasteiger partial charge in [-0.15, -0.1) is 24.0 Å². The van der Waals surface area contributed by atoms with Crippen molar-refractivity contribution in [1.29, 1.82) is 0 Å². The second-order valence-electron chi connectivity index (χ2n) is 7.15. The molecule has 2 rings (SSSR count). The van der Waals surface area contributed by atoms with Crippen LogP contribution in [0.15, 0.2) is 23.2 Å². The highest BCUT2D eigenvalue weighted by molar-refractivity contribution is 14.0. The van der Waals surface area contributed by atoms with Gasteiger partial charge in [-0.3, -0.25) is 4.99 Å². The van der Waals surface area contributed by atoms with Crippen LogP contribution in [0.4, 0.5) is 0 Å². The van der Waals surface area contributed by atoms with Crippen LogP contribution in [-0.2, 0) is 6.54 Å². The van der Waals surface area contributed by atoms with Crippen LogP contribution in [0.2, 0.25) is 0 Å². The van der Waals surface area contributed by atoms with Crippen LogP contribution < -0.4 is 20.1 Å². The number of ether oxygens (including phenoxy) is 2. The standard InChI is InChI=1S/C21H36N4O2.HI/c1-5-27-19-8-7-18(15-20(19)26-4)16-24-21(22-3)23-11-6-12-25-13-9-17(2)10-14-25;/h7-8,15,17H,5-6,9-14,16H2,1-4H3,(H2,22,23,24);1H. The maximum absolute atomic E-state index is 5.57. The van der Waals surface area contributed by atoms with Crippen molar-refractivity contribution in [3.8, 4) is 11.5 Å². The Morgan fingerprint density at radius 2 is 1.96 bits per heavy atom. The largest absolute Gasteiger partial charge is 0.493 e. The minimum absolute atomic E-state index is 0. The number of piperidine rings is 1. The van der Waals surface area contributed by atoms with Gasteiger partial charge in [0.2, 0.25) is 0 Å². The van der Waals surface area contributed by atoms with E-state index in [1.54, 1.807) is 14.2 Å². The summed E-state index contributed by atoms with van der Waals surface area (Å²) in [7, 11) is 3.47. The Kier molecular flexibility index (Phi) is 12.3. The number of nitrogens with zero attached hydrogens (tertiary/aromatic N) is 2. The van der Waals surface area contributed by atoms with Crippen molar-refractivity contribution in [2.24, 2.45) is 10.9 Å². The molecule has 1 aliphatic heterocycles. The van der Waals surface area contributed by atoms with E-state index in [0.717, 1.165) is 48.5 Å². The first-order chi connectivity index (χ1) is 13.2. The average molecular weight is 504 g/mol. The summed E-state index contributed by atoms with van der Waals surface area (Å²) in [4.78, 5) is 6.89. The zero-order valence-corrected chi connectivity index (χ0v) is 20.1. The number of likely N-dealkylation sites (tertiary alicyclic amines) is 1. The van der Waals surface area contributed by atoms with Crippen LogP contribution in [0.25, 0.3) is 0 Å². The van der Waals surface area contributed by atoms with E-state index in [2.05, 4.69) is 27.4 Å². The van der Waals surface area contributed by atoms with E-state index in [1.807, 2.05) is 25.1 Å². The van der Waals surface area contributed by atoms with Crippen molar-refractivity contribution in [3.63, 3.8) is 0 Å². The lowest BCUT2D eigenvalue weighted by molar-refractivity contribution is 0.191. The molecule has 7 heteroatoms. The molecule has 0 saturated carbocycles. The number of nitrogens with one attached hydrogen (secondary N) is 2. The first kappa shape index (κ1) is 24.8. The molecular formula is C21H37IN4O2. The summed E-state index contributed by atoms with van der Waals surface area (Å²) in [6, 6.07) is 6.00. The van der Waals surface area contributed by atoms with E-state index >= 15 is 0 Å². The van der Waals surface area contributed by atoms with Gasteiger partial charge in [0.25, 0.3) is 0 Å². The number of halogens is 1. The maximum atomic E-state index is 5.57. The second kappa shape index (κ2) is 13.9. The molecule has 1 saturated heterocycles. The third-order valence-electron chi connectivity index (χ3n) is 5.03. The van der Waals surface area contributed by atoms with E-state index in [1.165, 1.54) is 25.9 Å². The summed E-state index contributed by atoms with van der Waals surface area (Å²) < 4.78 is 11.0. The number of rotatable bonds is 9. The third kappa shape index (κ3) is 8.43. The predicted octanol–water partition coefficient (Wildman–Crippen LogP) is 3.50. The lowest BCUT2D eigenvalue weighted by atomic mass is 9.99. The molecule has 0 spiro atoms. The normalized spacial score (nSPS) is 15.6. The number of hydrogen-bond acceptors (Lipinski definition) is 4. The van der Waals surface area contributed by atoms with Crippen molar-refractivity contribution in [3.05, 3.63) is 23.8 Å². The Bertz CT molecular complexity index is 590. The van der Waals surface area contributed by atoms with Gasteiger partial charge in [0.15, 0.2) is 17.5 Å². The van der Waals surface area contributed by atoms with Gasteiger partial charge in [0.05, 0.1) is 13.7 Å². The van der Waals surface area contributed by atoms with E-state index in [-0.39, 0.29) is 24.0 Å². The van der Waals surface area contributed by atoms with Crippen LogP contribution in [0.5, 0.6) is 11.5 Å². The summed E-state index contributed by atoms with van der Waals surface area (Å²) in [6.07, 6.45) is 3.80. The van der Waals surface area contributed by atoms with Gasteiger partial charge in [0.1, 0.15) is 0 Å². The van der Waals surface area contributed by atoms with Crippen LogP contribution in [0.1, 0.15) is 38.7 Å². The molecule has 1 fully saturated rings. The number of methoxy groups -OCH3 is 1. The molecule has 1 aliphatic rings. The molecular weight excluding hydrogens is 467 g/mol. The SMILES string of the molecule is CCOc1ccc(CNC(=NC)NCCCN2CCC(C)CC2)cc1OC.I. The minimum Gasteiger partial charge on any atom is -0.493 e. The number of guanidine groups is 1. The Labute approximate surface area is 187 Å². The summed E-state index contributed by atoms with van der Waals surface area (Å²) in [6.45, 7) is 10.2. The van der Waals surface area contributed by atoms with Gasteiger partial charge in [-0.1, -0.05) is 13.0 Å². The number of benzene rings is 1. The van der Waals surface area contributed by atoms with Crippen LogP contribution in [0, 0.1) is 5.92 Å². The van der Waals surface area contributed by atoms with E-state index in [4.69, 9.17) is 9.47 Å². The van der Waals surface area contributed by atoms with Crippen LogP contribution >= 0.6 is 24.0 Å². The highest BCUT2D eigenvalue weighted by Crippen LogP contribution is 2.27. The van der Waals surface area contributed by atoms with Crippen molar-refractivity contribution >= 4 is 29.9 Å². The van der Waals surface area contributed by atoms with Gasteiger partial charge in [-0.05, 0) is 69.4 Å². The Morgan fingerprint density at radius 3 is 2.61 bits per heavy atom. The maximum Gasteiger partial charge on any atom is 0.191 e. The van der Waals surface area contributed by atoms with Gasteiger partial charge in [-0.25, -0.2) is 0 Å². The molecule has 160 valence electrons. The second-order valence-corrected chi connectivity index (χ2v) is 7.15. The molecule has 0 unspecified atom stereocenters. The monoisotopic (exact) mass is 504 g/mol. The quantitative estimate of drug-likeness (QED) is 0.234. The van der Waals surface area contributed by atoms with E-state index < -0.39 is 0 Å². The molecule has 0 atom stereocenters. The van der Waals surface area contributed by atoms with Crippen molar-refractivity contribution in [2.75, 3.05) is 46.9 Å². The van der Waals surface area contributed by atoms with Gasteiger partial charge < -0.3 is 25.0 Å². The molecule has 1 heterocycles. The molecule has 6 nitrogen and oxygen atoms in total. The fourth-order valence-corrected chi connectivity index (χ4v) is 3.30. The molecule has 0 radical (unpaired) electrons. The van der Waals surface area contributed by atoms with Gasteiger partial charge in [-0.2, -0.15) is 0 Å². The molecule has 2 N–H and O–H groups in total. The molecule has 1 aromatic rings. The van der Waals surface area contributed by atoms with Crippen LogP contribution in [-0.4, -0.2) is 57.8 Å². The van der Waals surface area contributed by atoms with E-state index in [9.17, 15) is 0 Å². The lowest BCUT2D eigenvalue weighted by Gasteiger charge is -2.30. The van der Waals surface area contributed by atoms with Crippen molar-refractivity contribution in [1.82, 2.24) is 15.5 Å². The van der Waals surface area contributed by atoms with E-state index in [0.29, 0.717) is 13.2 Å². The molecule has 1 aromatic carbocycles. The Hall–Kier alpha value is -1.22. The minimum atomic E-state index is 0. The zero-order chi connectivity index (χ0) is 19.5. The summed E-state index contributed by atoms with van der Waals surface area (Å²) in [5.41, 5.74) is 1.13. The molecule has 0 aromatic heterocycles. The lowest BCUT2D eigenvalue weighted by Crippen LogP contribution is -2.39. The Morgan fingerprint density at radius 1 is 1.21 bits per heavy atom. The van der Waals surface area contributed by atoms with Crippen molar-refractivity contribution < 1.29 is 9.47 Å². The smallest absolute Gasteiger partial charge is 0.191 e. The summed E-state index contributed by atoms with van der Waals surface area (Å²) >= 11 is 0. The molecule has 28 heavy (non-hydrogen) atoms. The summed E-state index contributed by atoms with van der Waals surface area (Å²) in [5, 5.41) is 6.77. The molecule has 0 bridgehead atoms. The fourth-order valence-electron chi connectivity index (χ4n) is 3.30. The summed E-state index contributed by atoms with van der Waals surface area (Å²) in [5.74, 6) is 3.26. The highest BCUT2D eigenvalue weighted by Gasteiger charge is 2.14.